The fraction of sp³-hybridized carbons (Fsp3) is 0.120. The highest BCUT2D eigenvalue weighted by Crippen LogP contribution is 2.25. The zero-order valence-electron chi connectivity index (χ0n) is 16.4. The van der Waals surface area contributed by atoms with Gasteiger partial charge in [-0.15, -0.1) is 12.6 Å². The second-order valence-corrected chi connectivity index (χ2v) is 7.21. The van der Waals surface area contributed by atoms with Gasteiger partial charge in [-0.2, -0.15) is 0 Å². The molecule has 0 aliphatic heterocycles. The predicted molar refractivity (Wildman–Crippen MR) is 121 cm³/mol. The lowest BCUT2D eigenvalue weighted by Crippen LogP contribution is -1.87. The third kappa shape index (κ3) is 5.08. The number of nitrogens with zero attached hydrogens (tertiary/aromatic N) is 2. The van der Waals surface area contributed by atoms with E-state index in [0.29, 0.717) is 0 Å². The van der Waals surface area contributed by atoms with Crippen molar-refractivity contribution < 1.29 is 0 Å². The van der Waals surface area contributed by atoms with Crippen molar-refractivity contribution in [2.24, 2.45) is 0 Å². The monoisotopic (exact) mass is 384 g/mol. The van der Waals surface area contributed by atoms with Gasteiger partial charge in [0.05, 0.1) is 11.4 Å². The Bertz CT molecular complexity index is 967. The van der Waals surface area contributed by atoms with Gasteiger partial charge in [-0.05, 0) is 79.9 Å². The quantitative estimate of drug-likeness (QED) is 0.389. The van der Waals surface area contributed by atoms with Crippen LogP contribution in [0.15, 0.2) is 90.1 Å². The Balaban J connectivity index is 0.000000211. The van der Waals surface area contributed by atoms with Crippen molar-refractivity contribution in [1.29, 1.82) is 0 Å². The normalized spacial score (nSPS) is 10.1. The molecule has 0 saturated carbocycles. The molecule has 0 fully saturated rings. The van der Waals surface area contributed by atoms with Gasteiger partial charge in [-0.3, -0.25) is 9.97 Å². The summed E-state index contributed by atoms with van der Waals surface area (Å²) in [6.45, 7) is 6.23. The number of rotatable bonds is 2. The second-order valence-electron chi connectivity index (χ2n) is 6.76. The van der Waals surface area contributed by atoms with E-state index in [0.717, 1.165) is 27.4 Å². The van der Waals surface area contributed by atoms with Gasteiger partial charge in [0.2, 0.25) is 0 Å². The van der Waals surface area contributed by atoms with Gasteiger partial charge < -0.3 is 0 Å². The van der Waals surface area contributed by atoms with Gasteiger partial charge >= 0.3 is 0 Å². The van der Waals surface area contributed by atoms with Crippen LogP contribution in [0.2, 0.25) is 0 Å². The molecular formula is C25H24N2S. The molecule has 4 rings (SSSR count). The van der Waals surface area contributed by atoms with Crippen LogP contribution in [0.5, 0.6) is 0 Å². The Kier molecular flexibility index (Phi) is 6.62. The second kappa shape index (κ2) is 9.34. The highest BCUT2D eigenvalue weighted by atomic mass is 32.1. The third-order valence-electron chi connectivity index (χ3n) is 4.44. The van der Waals surface area contributed by atoms with Crippen molar-refractivity contribution in [3.05, 3.63) is 102 Å². The van der Waals surface area contributed by atoms with Gasteiger partial charge in [0.25, 0.3) is 0 Å². The molecule has 0 spiro atoms. The fourth-order valence-corrected chi connectivity index (χ4v) is 3.10. The molecule has 140 valence electrons. The van der Waals surface area contributed by atoms with Gasteiger partial charge in [-0.25, -0.2) is 0 Å². The minimum Gasteiger partial charge on any atom is -0.256 e. The summed E-state index contributed by atoms with van der Waals surface area (Å²) in [4.78, 5) is 9.92. The van der Waals surface area contributed by atoms with Crippen LogP contribution in [-0.2, 0) is 0 Å². The van der Waals surface area contributed by atoms with Crippen LogP contribution in [0.25, 0.3) is 22.5 Å². The van der Waals surface area contributed by atoms with Gasteiger partial charge in [-0.1, -0.05) is 30.3 Å². The van der Waals surface area contributed by atoms with Crippen molar-refractivity contribution in [2.45, 2.75) is 25.7 Å². The third-order valence-corrected chi connectivity index (χ3v) is 5.14. The molecule has 0 aliphatic rings. The van der Waals surface area contributed by atoms with E-state index < -0.39 is 0 Å². The molecule has 0 amide bonds. The van der Waals surface area contributed by atoms with E-state index in [2.05, 4.69) is 73.7 Å². The molecule has 3 heteroatoms. The first-order valence-corrected chi connectivity index (χ1v) is 9.69. The summed E-state index contributed by atoms with van der Waals surface area (Å²) in [6.07, 6.45) is 3.64. The number of aromatic nitrogens is 2. The molecule has 0 atom stereocenters. The predicted octanol–water partition coefficient (Wildman–Crippen LogP) is 6.71. The van der Waals surface area contributed by atoms with Gasteiger partial charge in [0, 0.05) is 28.4 Å². The summed E-state index contributed by atoms with van der Waals surface area (Å²) in [7, 11) is 0. The van der Waals surface area contributed by atoms with Crippen LogP contribution in [0.3, 0.4) is 0 Å². The molecule has 4 aromatic rings. The minimum atomic E-state index is 0.989. The maximum atomic E-state index is 4.40. The summed E-state index contributed by atoms with van der Waals surface area (Å²) in [6, 6.07) is 24.5. The Morgan fingerprint density at radius 2 is 1.11 bits per heavy atom. The first kappa shape index (κ1) is 19.8. The SMILES string of the molecule is Cc1cc(-c2ccccn2)cc(-c2ccccn2)c1.Cc1cccc(C)c1S. The summed E-state index contributed by atoms with van der Waals surface area (Å²) in [5.41, 5.74) is 7.94. The van der Waals surface area contributed by atoms with Crippen LogP contribution in [-0.4, -0.2) is 9.97 Å². The van der Waals surface area contributed by atoms with Crippen LogP contribution in [0.4, 0.5) is 0 Å². The molecule has 0 bridgehead atoms. The van der Waals surface area contributed by atoms with Crippen molar-refractivity contribution in [1.82, 2.24) is 9.97 Å². The van der Waals surface area contributed by atoms with Crippen molar-refractivity contribution in [3.63, 3.8) is 0 Å². The van der Waals surface area contributed by atoms with Crippen LogP contribution in [0, 0.1) is 20.8 Å². The number of pyridine rings is 2. The molecule has 2 aromatic carbocycles. The molecule has 0 radical (unpaired) electrons. The zero-order valence-corrected chi connectivity index (χ0v) is 17.3. The summed E-state index contributed by atoms with van der Waals surface area (Å²) in [5, 5.41) is 0. The number of aryl methyl sites for hydroxylation is 3. The largest absolute Gasteiger partial charge is 0.256 e. The Hall–Kier alpha value is -2.91. The zero-order chi connectivity index (χ0) is 19.9. The van der Waals surface area contributed by atoms with E-state index in [9.17, 15) is 0 Å². The average Bonchev–Trinajstić information content (AvgIpc) is 2.73. The number of hydrogen-bond acceptors (Lipinski definition) is 3. The van der Waals surface area contributed by atoms with Crippen LogP contribution >= 0.6 is 12.6 Å². The van der Waals surface area contributed by atoms with Gasteiger partial charge in [0.15, 0.2) is 0 Å². The molecule has 0 saturated heterocycles. The molecule has 0 aliphatic carbocycles. The van der Waals surface area contributed by atoms with E-state index >= 15 is 0 Å². The smallest absolute Gasteiger partial charge is 0.0702 e. The van der Waals surface area contributed by atoms with Crippen LogP contribution in [0.1, 0.15) is 16.7 Å². The Labute approximate surface area is 172 Å². The Morgan fingerprint density at radius 3 is 1.50 bits per heavy atom. The molecule has 28 heavy (non-hydrogen) atoms. The lowest BCUT2D eigenvalue weighted by Gasteiger charge is -2.07. The van der Waals surface area contributed by atoms with E-state index in [-0.39, 0.29) is 0 Å². The lowest BCUT2D eigenvalue weighted by atomic mass is 10.0. The summed E-state index contributed by atoms with van der Waals surface area (Å²) >= 11 is 4.31. The molecule has 2 nitrogen and oxygen atoms in total. The number of hydrogen-bond donors (Lipinski definition) is 1. The summed E-state index contributed by atoms with van der Waals surface area (Å²) in [5.74, 6) is 0. The molecule has 0 N–H and O–H groups in total. The fourth-order valence-electron chi connectivity index (χ4n) is 2.95. The van der Waals surface area contributed by atoms with Crippen LogP contribution < -0.4 is 0 Å². The summed E-state index contributed by atoms with van der Waals surface area (Å²) < 4.78 is 0. The van der Waals surface area contributed by atoms with E-state index in [1.54, 1.807) is 0 Å². The molecular weight excluding hydrogens is 360 g/mol. The highest BCUT2D eigenvalue weighted by Gasteiger charge is 2.04. The van der Waals surface area contributed by atoms with Crippen molar-refractivity contribution in [3.8, 4) is 22.5 Å². The number of benzene rings is 2. The maximum Gasteiger partial charge on any atom is 0.0702 e. The standard InChI is InChI=1S/C17H14N2.C8H10S/c1-13-10-14(16-6-2-4-8-18-16)12-15(11-13)17-7-3-5-9-19-17;1-6-4-3-5-7(2)8(6)9/h2-12H,1H3;3-5,9H,1-2H3. The van der Waals surface area contributed by atoms with E-state index in [1.807, 2.05) is 54.9 Å². The molecule has 2 aromatic heterocycles. The topological polar surface area (TPSA) is 25.8 Å². The Morgan fingerprint density at radius 1 is 0.607 bits per heavy atom. The molecule has 0 unspecified atom stereocenters. The minimum absolute atomic E-state index is 0.989. The number of thiol groups is 1. The van der Waals surface area contributed by atoms with E-state index in [1.165, 1.54) is 16.7 Å². The van der Waals surface area contributed by atoms with Crippen molar-refractivity contribution >= 4 is 12.6 Å². The van der Waals surface area contributed by atoms with Gasteiger partial charge in [0.1, 0.15) is 0 Å². The maximum absolute atomic E-state index is 4.40. The first-order valence-electron chi connectivity index (χ1n) is 9.24. The van der Waals surface area contributed by atoms with Crippen molar-refractivity contribution in [2.75, 3.05) is 0 Å². The van der Waals surface area contributed by atoms with E-state index in [4.69, 9.17) is 0 Å². The first-order chi connectivity index (χ1) is 13.5. The highest BCUT2D eigenvalue weighted by molar-refractivity contribution is 7.80. The lowest BCUT2D eigenvalue weighted by molar-refractivity contribution is 1.23. The average molecular weight is 385 g/mol. The molecule has 2 heterocycles.